The van der Waals surface area contributed by atoms with Gasteiger partial charge in [-0.3, -0.25) is 0 Å². The second kappa shape index (κ2) is 3.93. The van der Waals surface area contributed by atoms with Crippen LogP contribution in [0.15, 0.2) is 0 Å². The quantitative estimate of drug-likeness (QED) is 0.502. The summed E-state index contributed by atoms with van der Waals surface area (Å²) in [7, 11) is 0. The van der Waals surface area contributed by atoms with E-state index >= 15 is 0 Å². The molecule has 4 heteroatoms. The third-order valence-corrected chi connectivity index (χ3v) is 0.513. The van der Waals surface area contributed by atoms with Gasteiger partial charge in [0.05, 0.1) is 12.5 Å². The minimum Gasteiger partial charge on any atom is -0.465 e. The molecule has 0 aliphatic rings. The number of hydrogen-bond donors (Lipinski definition) is 2. The Labute approximate surface area is 46.7 Å². The van der Waals surface area contributed by atoms with E-state index in [0.29, 0.717) is 0 Å². The molecule has 8 heavy (non-hydrogen) atoms. The van der Waals surface area contributed by atoms with Crippen LogP contribution in [0.1, 0.15) is 6.42 Å². The zero-order valence-corrected chi connectivity index (χ0v) is 4.22. The highest BCUT2D eigenvalue weighted by atomic mass is 16.4. The first-order valence-corrected chi connectivity index (χ1v) is 2.11. The van der Waals surface area contributed by atoms with Crippen molar-refractivity contribution >= 4 is 6.09 Å². The van der Waals surface area contributed by atoms with Crippen molar-refractivity contribution in [2.45, 2.75) is 6.42 Å². The summed E-state index contributed by atoms with van der Waals surface area (Å²) >= 11 is 0. The Hall–Kier alpha value is -1.24. The molecule has 0 rings (SSSR count). The van der Waals surface area contributed by atoms with Crippen LogP contribution in [0, 0.1) is 11.3 Å². The smallest absolute Gasteiger partial charge is 0.404 e. The minimum absolute atomic E-state index is 0.214. The van der Waals surface area contributed by atoms with Gasteiger partial charge in [-0.15, -0.1) is 0 Å². The van der Waals surface area contributed by atoms with Gasteiger partial charge in [0.25, 0.3) is 0 Å². The molecule has 0 saturated carbocycles. The van der Waals surface area contributed by atoms with E-state index in [1.807, 2.05) is 5.32 Å². The van der Waals surface area contributed by atoms with Crippen LogP contribution in [0.4, 0.5) is 4.79 Å². The van der Waals surface area contributed by atoms with E-state index in [4.69, 9.17) is 10.4 Å². The molecule has 0 saturated heterocycles. The molecule has 0 radical (unpaired) electrons. The van der Waals surface area contributed by atoms with E-state index in [1.54, 1.807) is 6.07 Å². The normalized spacial score (nSPS) is 7.38. The summed E-state index contributed by atoms with van der Waals surface area (Å²) in [4.78, 5) is 9.65. The average Bonchev–Trinajstić information content (AvgIpc) is 1.66. The lowest BCUT2D eigenvalue weighted by atomic mass is 10.5. The second-order valence-corrected chi connectivity index (χ2v) is 1.14. The lowest BCUT2D eigenvalue weighted by molar-refractivity contribution is 0.195. The largest absolute Gasteiger partial charge is 0.465 e. The molecule has 4 nitrogen and oxygen atoms in total. The Morgan fingerprint density at radius 2 is 2.50 bits per heavy atom. The van der Waals surface area contributed by atoms with E-state index in [2.05, 4.69) is 0 Å². The molecule has 0 aromatic carbocycles. The molecule has 0 fully saturated rings. The van der Waals surface area contributed by atoms with Crippen LogP contribution in [0.3, 0.4) is 0 Å². The van der Waals surface area contributed by atoms with Gasteiger partial charge < -0.3 is 10.4 Å². The first-order valence-electron chi connectivity index (χ1n) is 2.11. The lowest BCUT2D eigenvalue weighted by Crippen LogP contribution is -2.21. The Bertz CT molecular complexity index is 116. The fourth-order valence-corrected chi connectivity index (χ4v) is 0.225. The number of hydrogen-bond acceptors (Lipinski definition) is 2. The third-order valence-electron chi connectivity index (χ3n) is 0.513. The fraction of sp³-hybridized carbons (Fsp3) is 0.500. The number of rotatable bonds is 2. The zero-order valence-electron chi connectivity index (χ0n) is 4.22. The van der Waals surface area contributed by atoms with E-state index in [9.17, 15) is 4.79 Å². The molecule has 0 aromatic rings. The van der Waals surface area contributed by atoms with Gasteiger partial charge in [-0.1, -0.05) is 0 Å². The molecule has 0 spiro atoms. The minimum atomic E-state index is -1.08. The van der Waals surface area contributed by atoms with Crippen LogP contribution in [0.25, 0.3) is 0 Å². The summed E-state index contributed by atoms with van der Waals surface area (Å²) in [5.41, 5.74) is 0. The van der Waals surface area contributed by atoms with Crippen molar-refractivity contribution < 1.29 is 9.90 Å². The monoisotopic (exact) mass is 114 g/mol. The number of carbonyl (C=O) groups is 1. The number of nitrogens with zero attached hydrogens (tertiary/aromatic N) is 1. The molecule has 1 amide bonds. The molecule has 0 aliphatic heterocycles. The standard InChI is InChI=1S/C4H6N2O2/c5-2-1-3-6-4(7)8/h6H,1,3H2,(H,7,8). The van der Waals surface area contributed by atoms with E-state index in [0.717, 1.165) is 0 Å². The Kier molecular flexibility index (Phi) is 3.32. The van der Waals surface area contributed by atoms with Crippen molar-refractivity contribution in [2.24, 2.45) is 0 Å². The first kappa shape index (κ1) is 6.76. The fourth-order valence-electron chi connectivity index (χ4n) is 0.225. The van der Waals surface area contributed by atoms with Crippen molar-refractivity contribution in [3.63, 3.8) is 0 Å². The summed E-state index contributed by atoms with van der Waals surface area (Å²) in [6.07, 6.45) is -0.855. The molecular formula is C4H6N2O2. The molecule has 0 atom stereocenters. The Morgan fingerprint density at radius 1 is 1.88 bits per heavy atom. The van der Waals surface area contributed by atoms with Gasteiger partial charge >= 0.3 is 6.09 Å². The highest BCUT2D eigenvalue weighted by Crippen LogP contribution is 1.68. The van der Waals surface area contributed by atoms with Gasteiger partial charge in [-0.2, -0.15) is 5.26 Å². The second-order valence-electron chi connectivity index (χ2n) is 1.14. The van der Waals surface area contributed by atoms with Crippen LogP contribution in [0.2, 0.25) is 0 Å². The number of carboxylic acid groups (broad SMARTS) is 1. The maximum absolute atomic E-state index is 9.65. The van der Waals surface area contributed by atoms with Gasteiger partial charge in [0, 0.05) is 6.54 Å². The van der Waals surface area contributed by atoms with E-state index in [1.165, 1.54) is 0 Å². The van der Waals surface area contributed by atoms with Crippen LogP contribution < -0.4 is 5.32 Å². The van der Waals surface area contributed by atoms with Crippen molar-refractivity contribution in [3.05, 3.63) is 0 Å². The van der Waals surface area contributed by atoms with Crippen LogP contribution in [-0.4, -0.2) is 17.7 Å². The topological polar surface area (TPSA) is 73.1 Å². The predicted octanol–water partition coefficient (Wildman–Crippen LogP) is 0.168. The maximum atomic E-state index is 9.65. The third kappa shape index (κ3) is 4.76. The Morgan fingerprint density at radius 3 is 2.88 bits per heavy atom. The van der Waals surface area contributed by atoms with Crippen molar-refractivity contribution in [2.75, 3.05) is 6.54 Å². The molecule has 44 valence electrons. The number of nitriles is 1. The Balaban J connectivity index is 2.97. The molecule has 0 unspecified atom stereocenters. The van der Waals surface area contributed by atoms with Gasteiger partial charge in [-0.05, 0) is 0 Å². The van der Waals surface area contributed by atoms with Gasteiger partial charge in [-0.25, -0.2) is 4.79 Å². The summed E-state index contributed by atoms with van der Waals surface area (Å²) in [6, 6.07) is 1.80. The molecule has 0 aromatic heterocycles. The zero-order chi connectivity index (χ0) is 6.41. The highest BCUT2D eigenvalue weighted by Gasteiger charge is 1.88. The molecule has 0 bridgehead atoms. The molecule has 0 aliphatic carbocycles. The van der Waals surface area contributed by atoms with Gasteiger partial charge in [0.2, 0.25) is 0 Å². The van der Waals surface area contributed by atoms with Crippen molar-refractivity contribution in [1.29, 1.82) is 5.26 Å². The summed E-state index contributed by atoms with van der Waals surface area (Å²) in [6.45, 7) is 0.214. The summed E-state index contributed by atoms with van der Waals surface area (Å²) in [5.74, 6) is 0. The predicted molar refractivity (Wildman–Crippen MR) is 26.3 cm³/mol. The summed E-state index contributed by atoms with van der Waals surface area (Å²) in [5, 5.41) is 17.9. The van der Waals surface area contributed by atoms with Crippen LogP contribution >= 0.6 is 0 Å². The molecular weight excluding hydrogens is 108 g/mol. The van der Waals surface area contributed by atoms with Gasteiger partial charge in [0.1, 0.15) is 0 Å². The van der Waals surface area contributed by atoms with Gasteiger partial charge in [0.15, 0.2) is 0 Å². The van der Waals surface area contributed by atoms with E-state index < -0.39 is 6.09 Å². The SMILES string of the molecule is N#CCCNC(=O)O. The number of amides is 1. The molecule has 2 N–H and O–H groups in total. The lowest BCUT2D eigenvalue weighted by Gasteiger charge is -1.90. The highest BCUT2D eigenvalue weighted by molar-refractivity contribution is 5.64. The summed E-state index contributed by atoms with van der Waals surface area (Å²) < 4.78 is 0. The van der Waals surface area contributed by atoms with E-state index in [-0.39, 0.29) is 13.0 Å². The average molecular weight is 114 g/mol. The van der Waals surface area contributed by atoms with Crippen LogP contribution in [0.5, 0.6) is 0 Å². The number of nitrogens with one attached hydrogen (secondary N) is 1. The van der Waals surface area contributed by atoms with Crippen molar-refractivity contribution in [3.8, 4) is 6.07 Å². The first-order chi connectivity index (χ1) is 3.77. The van der Waals surface area contributed by atoms with Crippen molar-refractivity contribution in [1.82, 2.24) is 5.32 Å². The molecule has 0 heterocycles. The van der Waals surface area contributed by atoms with Crippen LogP contribution in [-0.2, 0) is 0 Å². The maximum Gasteiger partial charge on any atom is 0.404 e.